The van der Waals surface area contributed by atoms with E-state index in [9.17, 15) is 14.4 Å². The van der Waals surface area contributed by atoms with Crippen LogP contribution >= 0.6 is 0 Å². The number of nitriles is 1. The maximum absolute atomic E-state index is 13.5. The Morgan fingerprint density at radius 2 is 1.79 bits per heavy atom. The van der Waals surface area contributed by atoms with E-state index in [1.165, 1.54) is 19.4 Å². The molecule has 0 aromatic rings. The van der Waals surface area contributed by atoms with Crippen molar-refractivity contribution in [3.05, 3.63) is 11.6 Å². The van der Waals surface area contributed by atoms with E-state index in [0.717, 1.165) is 56.7 Å². The maximum atomic E-state index is 13.5. The van der Waals surface area contributed by atoms with Gasteiger partial charge in [-0.3, -0.25) is 4.79 Å². The Balaban J connectivity index is 1.54. The monoisotopic (exact) mass is 605 g/mol. The second-order valence-corrected chi connectivity index (χ2v) is 15.2. The molecule has 0 N–H and O–H groups in total. The number of esters is 2. The van der Waals surface area contributed by atoms with Crippen LogP contribution in [-0.4, -0.2) is 44.9 Å². The van der Waals surface area contributed by atoms with E-state index in [2.05, 4.69) is 38.7 Å². The van der Waals surface area contributed by atoms with Gasteiger partial charge in [-0.05, 0) is 18.9 Å². The second kappa shape index (κ2) is 12.1. The molecule has 10 atom stereocenters. The van der Waals surface area contributed by atoms with Crippen LogP contribution in [0, 0.1) is 56.6 Å². The summed E-state index contributed by atoms with van der Waals surface area (Å²) in [7, 11) is 0. The fourth-order valence-corrected chi connectivity index (χ4v) is 10.4. The van der Waals surface area contributed by atoms with Gasteiger partial charge in [0.15, 0.2) is 0 Å². The summed E-state index contributed by atoms with van der Waals surface area (Å²) in [5.74, 6) is 1.65. The molecule has 4 aliphatic carbocycles. The van der Waals surface area contributed by atoms with Crippen molar-refractivity contribution in [1.82, 2.24) is 0 Å². The fraction of sp³-hybridized carbons (Fsp3) is 0.812. The summed E-state index contributed by atoms with van der Waals surface area (Å²) in [6.07, 6.45) is 10.4. The number of allylic oxidation sites excluding steroid dienone is 1. The topological polar surface area (TPSA) is 93.5 Å². The molecule has 0 bridgehead atoms. The third-order valence-electron chi connectivity index (χ3n) is 11.2. The van der Waals surface area contributed by atoms with Gasteiger partial charge in [0, 0.05) is 6.92 Å². The van der Waals surface area contributed by atoms with Crippen LogP contribution < -0.4 is 0 Å². The molecule has 0 radical (unpaired) electrons. The smallest absolute Gasteiger partial charge is 0.0556 e. The summed E-state index contributed by atoms with van der Waals surface area (Å²) in [6.45, 7) is 12.0. The number of hydrogen-bond donors (Lipinski definition) is 0. The van der Waals surface area contributed by atoms with Crippen LogP contribution in [0.25, 0.3) is 0 Å². The molecule has 0 spiro atoms. The van der Waals surface area contributed by atoms with E-state index >= 15 is 0 Å². The van der Waals surface area contributed by atoms with Crippen molar-refractivity contribution >= 4 is 32.7 Å². The fourth-order valence-electron chi connectivity index (χ4n) is 9.34. The number of ether oxygens (including phenoxy) is 2. The Morgan fingerprint density at radius 3 is 2.46 bits per heavy atom. The van der Waals surface area contributed by atoms with Crippen molar-refractivity contribution in [3.8, 4) is 4.97 Å². The average Bonchev–Trinajstić information content (AvgIpc) is 3.16. The van der Waals surface area contributed by atoms with E-state index in [1.54, 1.807) is 0 Å². The number of carbonyl (C=O) groups excluding carboxylic acids is 3. The Hall–Kier alpha value is -1.64. The third-order valence-corrected chi connectivity index (χ3v) is 13.0. The first kappa shape index (κ1) is 30.3. The van der Waals surface area contributed by atoms with E-state index in [-0.39, 0.29) is 67.6 Å². The molecule has 0 heterocycles. The number of fused-ring (bicyclic) bond motifs is 5. The van der Waals surface area contributed by atoms with Crippen molar-refractivity contribution in [1.29, 1.82) is 5.26 Å². The average molecular weight is 605 g/mol. The van der Waals surface area contributed by atoms with Gasteiger partial charge in [0.05, 0.1) is 0 Å². The molecule has 4 rings (SSSR count). The normalized spacial score (nSPS) is 38.6. The van der Waals surface area contributed by atoms with Gasteiger partial charge in [0.25, 0.3) is 0 Å². The number of carbonyl (C=O) groups is 3. The SMILES string of the molecule is CC(=O)O[C@@H]1C=C2CCC3C(CC[C@@]4(C)C3C[C@H](OC(C)=O)[C@@H]4[C@H](C)C(=O)CC[C@@H](C)C[Se]C#N)[C@@]2(C)CC1. The van der Waals surface area contributed by atoms with Crippen molar-refractivity contribution < 1.29 is 23.9 Å². The van der Waals surface area contributed by atoms with Gasteiger partial charge in [-0.2, -0.15) is 0 Å². The Bertz CT molecular complexity index is 1030. The molecule has 6 nitrogen and oxygen atoms in total. The summed E-state index contributed by atoms with van der Waals surface area (Å²) < 4.78 is 11.6. The number of hydrogen-bond acceptors (Lipinski definition) is 6. The molecule has 0 saturated heterocycles. The van der Waals surface area contributed by atoms with Crippen LogP contribution in [0.3, 0.4) is 0 Å². The zero-order valence-electron chi connectivity index (χ0n) is 24.7. The summed E-state index contributed by atoms with van der Waals surface area (Å²) in [5.41, 5.74) is 1.56. The molecule has 3 fully saturated rings. The van der Waals surface area contributed by atoms with Crippen LogP contribution in [-0.2, 0) is 23.9 Å². The molecule has 3 saturated carbocycles. The molecule has 0 aromatic heterocycles. The number of nitrogens with zero attached hydrogens (tertiary/aromatic N) is 1. The minimum absolute atomic E-state index is 0.00925. The van der Waals surface area contributed by atoms with E-state index in [4.69, 9.17) is 14.7 Å². The van der Waals surface area contributed by atoms with Gasteiger partial charge >= 0.3 is 188 Å². The quantitative estimate of drug-likeness (QED) is 0.175. The Morgan fingerprint density at radius 1 is 1.08 bits per heavy atom. The molecule has 0 amide bonds. The Kier molecular flexibility index (Phi) is 9.39. The third kappa shape index (κ3) is 6.03. The van der Waals surface area contributed by atoms with Crippen LogP contribution in [0.4, 0.5) is 0 Å². The summed E-state index contributed by atoms with van der Waals surface area (Å²) in [4.78, 5) is 39.6. The van der Waals surface area contributed by atoms with Crippen molar-refractivity contribution in [2.24, 2.45) is 46.3 Å². The first-order valence-corrected chi connectivity index (χ1v) is 17.1. The predicted octanol–water partition coefficient (Wildman–Crippen LogP) is 6.26. The first-order valence-electron chi connectivity index (χ1n) is 15.0. The predicted molar refractivity (Wildman–Crippen MR) is 150 cm³/mol. The zero-order valence-corrected chi connectivity index (χ0v) is 26.4. The van der Waals surface area contributed by atoms with Crippen molar-refractivity contribution in [3.63, 3.8) is 0 Å². The van der Waals surface area contributed by atoms with E-state index in [1.807, 2.05) is 0 Å². The first-order chi connectivity index (χ1) is 18.4. The molecule has 0 aromatic carbocycles. The Labute approximate surface area is 241 Å². The van der Waals surface area contributed by atoms with Gasteiger partial charge in [-0.1, -0.05) is 12.5 Å². The van der Waals surface area contributed by atoms with Gasteiger partial charge in [0.1, 0.15) is 6.10 Å². The van der Waals surface area contributed by atoms with Gasteiger partial charge < -0.3 is 4.74 Å². The number of ketones is 1. The van der Waals surface area contributed by atoms with E-state index < -0.39 is 0 Å². The minimum Gasteiger partial charge on any atom is -0.0556 e. The zero-order chi connectivity index (χ0) is 28.5. The van der Waals surface area contributed by atoms with Gasteiger partial charge in [0.2, 0.25) is 0 Å². The summed E-state index contributed by atoms with van der Waals surface area (Å²) >= 11 is -0.00925. The molecule has 39 heavy (non-hydrogen) atoms. The number of Topliss-reactive ketones (excluding diaryl/α,β-unsaturated/α-hetero) is 1. The van der Waals surface area contributed by atoms with Crippen LogP contribution in [0.5, 0.6) is 0 Å². The molecular formula is C32H47NO5Se. The van der Waals surface area contributed by atoms with Crippen molar-refractivity contribution in [2.45, 2.75) is 117 Å². The summed E-state index contributed by atoms with van der Waals surface area (Å²) in [6, 6.07) is 0. The van der Waals surface area contributed by atoms with E-state index in [0.29, 0.717) is 30.1 Å². The minimum atomic E-state index is -0.250. The number of rotatable bonds is 9. The summed E-state index contributed by atoms with van der Waals surface area (Å²) in [5, 5.41) is 9.81. The van der Waals surface area contributed by atoms with Gasteiger partial charge in [-0.25, -0.2) is 0 Å². The van der Waals surface area contributed by atoms with Gasteiger partial charge in [-0.15, -0.1) is 0 Å². The standard InChI is InChI=1S/C32H47NO5Se/c1-19(17-39-18-33)7-10-28(36)20(2)30-29(38-22(4)35)16-27-25-9-8-23-15-24(37-21(3)34)11-13-31(23,5)26(25)12-14-32(27,30)6/h15,19-20,24-27,29-30H,7-14,16-17H2,1-6H3/t19-,20-,24+,25?,26?,27?,29+,30+,31+,32+/m1/s1. The van der Waals surface area contributed by atoms with Crippen LogP contribution in [0.2, 0.25) is 5.32 Å². The molecule has 4 aliphatic rings. The van der Waals surface area contributed by atoms with Crippen LogP contribution in [0.15, 0.2) is 11.6 Å². The molecule has 3 unspecified atom stereocenters. The molecule has 216 valence electrons. The molecule has 7 heteroatoms. The second-order valence-electron chi connectivity index (χ2n) is 13.5. The van der Waals surface area contributed by atoms with Crippen LogP contribution in [0.1, 0.15) is 99.3 Å². The molecule has 0 aliphatic heterocycles. The molecular weight excluding hydrogens is 557 g/mol. The van der Waals surface area contributed by atoms with Crippen molar-refractivity contribution in [2.75, 3.05) is 0 Å².